The van der Waals surface area contributed by atoms with Crippen LogP contribution in [-0.4, -0.2) is 18.1 Å². The fraction of sp³-hybridized carbons (Fsp3) is 0.588. The minimum atomic E-state index is 0.0997. The van der Waals surface area contributed by atoms with Crippen LogP contribution in [0, 0.1) is 5.92 Å². The molecule has 0 bridgehead atoms. The Balaban J connectivity index is 1.82. The lowest BCUT2D eigenvalue weighted by Gasteiger charge is -2.37. The van der Waals surface area contributed by atoms with E-state index in [0.29, 0.717) is 12.3 Å². The normalized spacial score (nSPS) is 31.1. The number of hydrogen-bond donors (Lipinski definition) is 0. The summed E-state index contributed by atoms with van der Waals surface area (Å²) >= 11 is 0. The van der Waals surface area contributed by atoms with Crippen molar-refractivity contribution >= 4 is 11.6 Å². The minimum Gasteiger partial charge on any atom is -0.486 e. The van der Waals surface area contributed by atoms with Crippen LogP contribution in [0.5, 0.6) is 5.75 Å². The van der Waals surface area contributed by atoms with Crippen molar-refractivity contribution in [3.05, 3.63) is 23.8 Å². The monoisotopic (exact) mass is 271 g/mol. The summed E-state index contributed by atoms with van der Waals surface area (Å²) in [5.74, 6) is 1.68. The van der Waals surface area contributed by atoms with Crippen LogP contribution in [-0.2, 0) is 10.2 Å². The Hall–Kier alpha value is -1.51. The van der Waals surface area contributed by atoms with E-state index in [0.717, 1.165) is 24.3 Å². The highest BCUT2D eigenvalue weighted by atomic mass is 16.5. The van der Waals surface area contributed by atoms with Crippen molar-refractivity contribution in [1.29, 1.82) is 0 Å². The molecule has 0 aromatic heterocycles. The summed E-state index contributed by atoms with van der Waals surface area (Å²) in [4.78, 5) is 14.3. The predicted molar refractivity (Wildman–Crippen MR) is 78.2 cm³/mol. The molecule has 1 aromatic rings. The van der Waals surface area contributed by atoms with E-state index in [9.17, 15) is 4.79 Å². The minimum absolute atomic E-state index is 0.0997. The Morgan fingerprint density at radius 2 is 2.05 bits per heavy atom. The molecule has 0 spiro atoms. The number of hydrogen-bond acceptors (Lipinski definition) is 2. The lowest BCUT2D eigenvalue weighted by Crippen LogP contribution is -2.46. The molecule has 0 radical (unpaired) electrons. The second-order valence-corrected chi connectivity index (χ2v) is 7.38. The number of carbonyl (C=O) groups is 1. The van der Waals surface area contributed by atoms with Crippen LogP contribution < -0.4 is 9.64 Å². The number of rotatable bonds is 0. The van der Waals surface area contributed by atoms with Crippen LogP contribution in [0.2, 0.25) is 0 Å². The number of ether oxygens (including phenoxy) is 1. The summed E-state index contributed by atoms with van der Waals surface area (Å²) in [7, 11) is 0. The molecule has 106 valence electrons. The van der Waals surface area contributed by atoms with Crippen LogP contribution in [0.15, 0.2) is 18.2 Å². The molecule has 0 unspecified atom stereocenters. The van der Waals surface area contributed by atoms with E-state index >= 15 is 0 Å². The van der Waals surface area contributed by atoms with Gasteiger partial charge in [0.1, 0.15) is 11.9 Å². The lowest BCUT2D eigenvalue weighted by molar-refractivity contribution is -0.117. The molecule has 0 N–H and O–H groups in total. The second kappa shape index (κ2) is 3.78. The molecule has 3 atom stereocenters. The van der Waals surface area contributed by atoms with Crippen LogP contribution in [0.4, 0.5) is 5.69 Å². The largest absolute Gasteiger partial charge is 0.486 e. The molecule has 2 aliphatic heterocycles. The average molecular weight is 271 g/mol. The van der Waals surface area contributed by atoms with Gasteiger partial charge in [-0.25, -0.2) is 0 Å². The maximum absolute atomic E-state index is 12.3. The van der Waals surface area contributed by atoms with E-state index in [1.54, 1.807) is 0 Å². The molecule has 1 amide bonds. The van der Waals surface area contributed by atoms with Crippen LogP contribution >= 0.6 is 0 Å². The van der Waals surface area contributed by atoms with Crippen LogP contribution in [0.3, 0.4) is 0 Å². The third-order valence-corrected chi connectivity index (χ3v) is 5.05. The van der Waals surface area contributed by atoms with Gasteiger partial charge in [0.05, 0.1) is 11.7 Å². The second-order valence-electron chi connectivity index (χ2n) is 7.38. The Labute approximate surface area is 119 Å². The summed E-state index contributed by atoms with van der Waals surface area (Å²) in [6, 6.07) is 6.63. The average Bonchev–Trinajstić information content (AvgIpc) is 2.91. The third-order valence-electron chi connectivity index (χ3n) is 5.05. The zero-order valence-electron chi connectivity index (χ0n) is 12.3. The fourth-order valence-corrected chi connectivity index (χ4v) is 3.97. The SMILES string of the molecule is CC(C)(C)c1ccc2c(c1)O[C@@H]1CC[C@@H]3CC(=O)N2[C@@H]31. The zero-order valence-corrected chi connectivity index (χ0v) is 12.3. The molecule has 2 heterocycles. The molecule has 1 aromatic carbocycles. The van der Waals surface area contributed by atoms with Gasteiger partial charge >= 0.3 is 0 Å². The summed E-state index contributed by atoms with van der Waals surface area (Å²) < 4.78 is 6.23. The topological polar surface area (TPSA) is 29.5 Å². The first-order valence-electron chi connectivity index (χ1n) is 7.58. The van der Waals surface area contributed by atoms with Gasteiger partial charge in [-0.05, 0) is 41.9 Å². The molecule has 4 rings (SSSR count). The molecule has 3 heteroatoms. The van der Waals surface area contributed by atoms with Crippen LogP contribution in [0.1, 0.15) is 45.6 Å². The predicted octanol–water partition coefficient (Wildman–Crippen LogP) is 3.26. The molecule has 3 aliphatic rings. The van der Waals surface area contributed by atoms with Gasteiger partial charge in [0.2, 0.25) is 5.91 Å². The summed E-state index contributed by atoms with van der Waals surface area (Å²) in [6.45, 7) is 6.60. The number of benzene rings is 1. The first-order chi connectivity index (χ1) is 9.45. The van der Waals surface area contributed by atoms with E-state index in [-0.39, 0.29) is 23.5 Å². The van der Waals surface area contributed by atoms with Crippen molar-refractivity contribution in [3.63, 3.8) is 0 Å². The van der Waals surface area contributed by atoms with Crippen molar-refractivity contribution in [3.8, 4) is 5.75 Å². The third kappa shape index (κ3) is 1.55. The van der Waals surface area contributed by atoms with Gasteiger partial charge in [-0.1, -0.05) is 26.8 Å². The van der Waals surface area contributed by atoms with Crippen molar-refractivity contribution in [2.24, 2.45) is 5.92 Å². The van der Waals surface area contributed by atoms with Gasteiger partial charge < -0.3 is 9.64 Å². The number of carbonyl (C=O) groups excluding carboxylic acids is 1. The van der Waals surface area contributed by atoms with Gasteiger partial charge in [-0.2, -0.15) is 0 Å². The number of anilines is 1. The van der Waals surface area contributed by atoms with Crippen molar-refractivity contribution in [2.75, 3.05) is 4.90 Å². The van der Waals surface area contributed by atoms with Crippen LogP contribution in [0.25, 0.3) is 0 Å². The van der Waals surface area contributed by atoms with Crippen molar-refractivity contribution in [2.45, 2.75) is 57.6 Å². The smallest absolute Gasteiger partial charge is 0.227 e. The number of fused-ring (bicyclic) bond motifs is 2. The highest BCUT2D eigenvalue weighted by Gasteiger charge is 2.52. The standard InChI is InChI=1S/C17H21NO2/c1-17(2,3)11-5-6-12-14(9-11)20-13-7-4-10-8-15(19)18(12)16(10)13/h5-6,9-10,13,16H,4,7-8H2,1-3H3/t10-,13-,16+/m1/s1. The quantitative estimate of drug-likeness (QED) is 0.725. The number of amides is 1. The molecule has 3 nitrogen and oxygen atoms in total. The Morgan fingerprint density at radius 1 is 1.25 bits per heavy atom. The summed E-state index contributed by atoms with van der Waals surface area (Å²) in [5, 5.41) is 0. The van der Waals surface area contributed by atoms with Gasteiger partial charge in [-0.3, -0.25) is 4.79 Å². The summed E-state index contributed by atoms with van der Waals surface area (Å²) in [5.41, 5.74) is 2.34. The molecule has 20 heavy (non-hydrogen) atoms. The van der Waals surface area contributed by atoms with E-state index < -0.39 is 0 Å². The summed E-state index contributed by atoms with van der Waals surface area (Å²) in [6.07, 6.45) is 3.11. The highest BCUT2D eigenvalue weighted by Crippen LogP contribution is 2.49. The molecule has 1 saturated heterocycles. The van der Waals surface area contributed by atoms with Gasteiger partial charge in [0.25, 0.3) is 0 Å². The first kappa shape index (κ1) is 12.2. The Bertz CT molecular complexity index is 587. The van der Waals surface area contributed by atoms with E-state index in [2.05, 4.69) is 39.0 Å². The van der Waals surface area contributed by atoms with Crippen molar-refractivity contribution in [1.82, 2.24) is 0 Å². The molecule has 1 saturated carbocycles. The van der Waals surface area contributed by atoms with Gasteiger partial charge in [-0.15, -0.1) is 0 Å². The van der Waals surface area contributed by atoms with E-state index in [1.807, 2.05) is 4.90 Å². The fourth-order valence-electron chi connectivity index (χ4n) is 3.97. The first-order valence-corrected chi connectivity index (χ1v) is 7.58. The van der Waals surface area contributed by atoms with E-state index in [4.69, 9.17) is 4.74 Å². The zero-order chi connectivity index (χ0) is 14.1. The van der Waals surface area contributed by atoms with Gasteiger partial charge in [0.15, 0.2) is 0 Å². The maximum atomic E-state index is 12.3. The molecular formula is C17H21NO2. The highest BCUT2D eigenvalue weighted by molar-refractivity contribution is 5.99. The number of nitrogens with zero attached hydrogens (tertiary/aromatic N) is 1. The molecule has 2 fully saturated rings. The van der Waals surface area contributed by atoms with E-state index in [1.165, 1.54) is 5.56 Å². The lowest BCUT2D eigenvalue weighted by atomic mass is 9.86. The van der Waals surface area contributed by atoms with Crippen molar-refractivity contribution < 1.29 is 9.53 Å². The van der Waals surface area contributed by atoms with Gasteiger partial charge in [0, 0.05) is 6.42 Å². The molecular weight excluding hydrogens is 250 g/mol. The maximum Gasteiger partial charge on any atom is 0.227 e. The molecule has 1 aliphatic carbocycles. The Morgan fingerprint density at radius 3 is 2.80 bits per heavy atom. The Kier molecular flexibility index (Phi) is 2.31.